The number of thioether (sulfide) groups is 1. The Morgan fingerprint density at radius 3 is 2.70 bits per heavy atom. The fourth-order valence-electron chi connectivity index (χ4n) is 3.89. The van der Waals surface area contributed by atoms with Gasteiger partial charge in [-0.2, -0.15) is 4.98 Å². The maximum Gasteiger partial charge on any atom is 0.338 e. The number of anilines is 1. The second kappa shape index (κ2) is 12.1. The van der Waals surface area contributed by atoms with Crippen LogP contribution in [0.2, 0.25) is 0 Å². The number of carbonyl (C=O) groups is 1. The van der Waals surface area contributed by atoms with E-state index in [1.165, 1.54) is 23.9 Å². The van der Waals surface area contributed by atoms with Gasteiger partial charge < -0.3 is 14.8 Å². The van der Waals surface area contributed by atoms with Gasteiger partial charge in [0.25, 0.3) is 0 Å². The molecular weight excluding hydrogens is 491 g/mol. The second-order valence-corrected chi connectivity index (χ2v) is 10.0. The molecular formula is C28H31FN4O3S. The fraction of sp³-hybridized carbons (Fsp3) is 0.321. The topological polar surface area (TPSA) is 78.3 Å². The lowest BCUT2D eigenvalue weighted by molar-refractivity contribution is -0.138. The van der Waals surface area contributed by atoms with Crippen LogP contribution in [0.3, 0.4) is 0 Å². The van der Waals surface area contributed by atoms with E-state index < -0.39 is 12.0 Å². The van der Waals surface area contributed by atoms with E-state index in [1.807, 2.05) is 31.2 Å². The summed E-state index contributed by atoms with van der Waals surface area (Å²) in [5.74, 6) is 1.46. The molecule has 9 heteroatoms. The van der Waals surface area contributed by atoms with Crippen LogP contribution in [0.1, 0.15) is 44.4 Å². The lowest BCUT2D eigenvalue weighted by Crippen LogP contribution is -2.29. The molecule has 0 amide bonds. The molecule has 2 aromatic carbocycles. The van der Waals surface area contributed by atoms with Gasteiger partial charge in [0.15, 0.2) is 0 Å². The molecule has 1 aromatic heterocycles. The Kier molecular flexibility index (Phi) is 8.66. The smallest absolute Gasteiger partial charge is 0.338 e. The minimum Gasteiger partial charge on any atom is -0.494 e. The van der Waals surface area contributed by atoms with Crippen molar-refractivity contribution in [3.8, 4) is 5.75 Å². The van der Waals surface area contributed by atoms with Crippen molar-refractivity contribution in [3.63, 3.8) is 0 Å². The molecule has 1 aliphatic rings. The molecule has 1 N–H and O–H groups in total. The monoisotopic (exact) mass is 522 g/mol. The molecule has 37 heavy (non-hydrogen) atoms. The van der Waals surface area contributed by atoms with E-state index >= 15 is 0 Å². The highest BCUT2D eigenvalue weighted by Gasteiger charge is 2.35. The molecule has 7 nitrogen and oxygen atoms in total. The summed E-state index contributed by atoms with van der Waals surface area (Å²) in [6.07, 6.45) is 2.49. The van der Waals surface area contributed by atoms with Crippen LogP contribution in [0.25, 0.3) is 0 Å². The Bertz CT molecular complexity index is 1290. The number of nitrogens with one attached hydrogen (secondary N) is 1. The van der Waals surface area contributed by atoms with Gasteiger partial charge >= 0.3 is 5.97 Å². The standard InChI is InChI=1S/C28H31FN4O3S/c1-5-15-36-26(34)24-19(4)30-27-31-28(37-17-21-8-6-7-9-23(21)29)32-33(27)25(24)20-10-12-22(13-11-20)35-16-14-18(2)3/h5-13,18,25H,1,14-17H2,2-4H3,(H,30,31,32). The first kappa shape index (κ1) is 26.5. The van der Waals surface area contributed by atoms with Gasteiger partial charge in [-0.05, 0) is 48.6 Å². The van der Waals surface area contributed by atoms with Crippen molar-refractivity contribution in [2.45, 2.75) is 44.1 Å². The fourth-order valence-corrected chi connectivity index (χ4v) is 4.71. The Hall–Kier alpha value is -3.59. The van der Waals surface area contributed by atoms with E-state index in [9.17, 15) is 9.18 Å². The van der Waals surface area contributed by atoms with Crippen LogP contribution >= 0.6 is 11.8 Å². The van der Waals surface area contributed by atoms with Gasteiger partial charge in [0, 0.05) is 11.4 Å². The zero-order valence-electron chi connectivity index (χ0n) is 21.2. The van der Waals surface area contributed by atoms with Gasteiger partial charge in [0.05, 0.1) is 12.2 Å². The minimum absolute atomic E-state index is 0.0961. The van der Waals surface area contributed by atoms with Crippen molar-refractivity contribution in [1.29, 1.82) is 0 Å². The Balaban J connectivity index is 1.63. The van der Waals surface area contributed by atoms with Crippen LogP contribution in [0.4, 0.5) is 10.3 Å². The van der Waals surface area contributed by atoms with Crippen LogP contribution in [-0.4, -0.2) is 33.9 Å². The van der Waals surface area contributed by atoms with E-state index in [0.29, 0.717) is 46.2 Å². The van der Waals surface area contributed by atoms with Crippen molar-refractivity contribution in [3.05, 3.63) is 89.4 Å². The first-order valence-electron chi connectivity index (χ1n) is 12.2. The highest BCUT2D eigenvalue weighted by atomic mass is 32.2. The van der Waals surface area contributed by atoms with Gasteiger partial charge in [0.1, 0.15) is 24.2 Å². The van der Waals surface area contributed by atoms with Crippen molar-refractivity contribution in [1.82, 2.24) is 14.8 Å². The number of hydrogen-bond acceptors (Lipinski definition) is 7. The lowest BCUT2D eigenvalue weighted by atomic mass is 9.96. The average molecular weight is 523 g/mol. The molecule has 4 rings (SSSR count). The maximum atomic E-state index is 14.1. The number of aromatic nitrogens is 3. The SMILES string of the molecule is C=CCOC(=O)C1=C(C)Nc2nc(SCc3ccccc3F)nn2C1c1ccc(OCCC(C)C)cc1. The number of rotatable bonds is 11. The Morgan fingerprint density at radius 1 is 1.24 bits per heavy atom. The van der Waals surface area contributed by atoms with E-state index in [-0.39, 0.29) is 12.4 Å². The number of allylic oxidation sites excluding steroid dienone is 1. The third kappa shape index (κ3) is 6.40. The summed E-state index contributed by atoms with van der Waals surface area (Å²) in [5, 5.41) is 8.33. The number of nitrogens with zero attached hydrogens (tertiary/aromatic N) is 3. The molecule has 2 heterocycles. The molecule has 1 atom stereocenters. The molecule has 0 saturated heterocycles. The zero-order valence-corrected chi connectivity index (χ0v) is 22.1. The zero-order chi connectivity index (χ0) is 26.4. The van der Waals surface area contributed by atoms with Crippen LogP contribution in [0.5, 0.6) is 5.75 Å². The quantitative estimate of drug-likeness (QED) is 0.184. The summed E-state index contributed by atoms with van der Waals surface area (Å²) >= 11 is 1.33. The molecule has 0 spiro atoms. The Labute approximate surface area is 220 Å². The summed E-state index contributed by atoms with van der Waals surface area (Å²) in [5.41, 5.74) is 2.46. The molecule has 194 valence electrons. The molecule has 1 unspecified atom stereocenters. The first-order chi connectivity index (χ1) is 17.9. The number of fused-ring (bicyclic) bond motifs is 1. The number of benzene rings is 2. The van der Waals surface area contributed by atoms with Crippen molar-refractivity contribution < 1.29 is 18.7 Å². The highest BCUT2D eigenvalue weighted by Crippen LogP contribution is 2.37. The summed E-state index contributed by atoms with van der Waals surface area (Å²) < 4.78 is 27.0. The van der Waals surface area contributed by atoms with Crippen LogP contribution in [0, 0.1) is 11.7 Å². The maximum absolute atomic E-state index is 14.1. The predicted octanol–water partition coefficient (Wildman–Crippen LogP) is 6.15. The molecule has 0 bridgehead atoms. The molecule has 0 saturated carbocycles. The number of halogens is 1. The largest absolute Gasteiger partial charge is 0.494 e. The van der Waals surface area contributed by atoms with Gasteiger partial charge in [-0.3, -0.25) is 0 Å². The van der Waals surface area contributed by atoms with E-state index in [4.69, 9.17) is 9.47 Å². The molecule has 1 aliphatic heterocycles. The molecule has 0 aliphatic carbocycles. The van der Waals surface area contributed by atoms with Gasteiger partial charge in [-0.1, -0.05) is 68.6 Å². The molecule has 3 aromatic rings. The summed E-state index contributed by atoms with van der Waals surface area (Å²) in [4.78, 5) is 17.7. The molecule has 0 radical (unpaired) electrons. The first-order valence-corrected chi connectivity index (χ1v) is 13.2. The number of carbonyl (C=O) groups excluding carboxylic acids is 1. The van der Waals surface area contributed by atoms with Crippen molar-refractivity contribution in [2.24, 2.45) is 5.92 Å². The van der Waals surface area contributed by atoms with Gasteiger partial charge in [-0.25, -0.2) is 13.9 Å². The van der Waals surface area contributed by atoms with Crippen LogP contribution in [0.15, 0.2) is 77.6 Å². The normalized spacial score (nSPS) is 14.8. The Morgan fingerprint density at radius 2 is 2.00 bits per heavy atom. The van der Waals surface area contributed by atoms with E-state index in [2.05, 4.69) is 35.8 Å². The molecule has 0 fully saturated rings. The number of esters is 1. The summed E-state index contributed by atoms with van der Waals surface area (Å²) in [6.45, 7) is 10.5. The summed E-state index contributed by atoms with van der Waals surface area (Å²) in [7, 11) is 0. The van der Waals surface area contributed by atoms with Crippen LogP contribution in [-0.2, 0) is 15.3 Å². The highest BCUT2D eigenvalue weighted by molar-refractivity contribution is 7.98. The van der Waals surface area contributed by atoms with Gasteiger partial charge in [0.2, 0.25) is 11.1 Å². The van der Waals surface area contributed by atoms with Crippen LogP contribution < -0.4 is 10.1 Å². The lowest BCUT2D eigenvalue weighted by Gasteiger charge is -2.28. The summed E-state index contributed by atoms with van der Waals surface area (Å²) in [6, 6.07) is 13.7. The van der Waals surface area contributed by atoms with Crippen molar-refractivity contribution in [2.75, 3.05) is 18.5 Å². The third-order valence-electron chi connectivity index (χ3n) is 5.86. The van der Waals surface area contributed by atoms with Gasteiger partial charge in [-0.15, -0.1) is 5.10 Å². The number of ether oxygens (including phenoxy) is 2. The average Bonchev–Trinajstić information content (AvgIpc) is 3.28. The minimum atomic E-state index is -0.561. The van der Waals surface area contributed by atoms with Crippen molar-refractivity contribution >= 4 is 23.7 Å². The predicted molar refractivity (Wildman–Crippen MR) is 143 cm³/mol. The number of hydrogen-bond donors (Lipinski definition) is 1. The van der Waals surface area contributed by atoms with E-state index in [1.54, 1.807) is 22.9 Å². The van der Waals surface area contributed by atoms with E-state index in [0.717, 1.165) is 17.7 Å². The third-order valence-corrected chi connectivity index (χ3v) is 6.75. The second-order valence-electron chi connectivity index (χ2n) is 9.10.